The Labute approximate surface area is 117 Å². The molecule has 0 unspecified atom stereocenters. The van der Waals surface area contributed by atoms with Crippen LogP contribution in [0.5, 0.6) is 0 Å². The van der Waals surface area contributed by atoms with Crippen molar-refractivity contribution >= 4 is 24.4 Å². The van der Waals surface area contributed by atoms with Gasteiger partial charge in [-0.3, -0.25) is 0 Å². The average Bonchev–Trinajstić information content (AvgIpc) is 2.24. The lowest BCUT2D eigenvalue weighted by molar-refractivity contribution is -0.139. The van der Waals surface area contributed by atoms with Crippen molar-refractivity contribution in [3.05, 3.63) is 12.2 Å². The van der Waals surface area contributed by atoms with Crippen molar-refractivity contribution < 1.29 is 9.53 Å². The molecule has 2 nitrogen and oxygen atoms in total. The summed E-state index contributed by atoms with van der Waals surface area (Å²) in [6.07, 6.45) is 7.09. The highest BCUT2D eigenvalue weighted by molar-refractivity contribution is 7.19. The molecule has 0 saturated carbocycles. The van der Waals surface area contributed by atoms with Crippen molar-refractivity contribution in [1.29, 1.82) is 0 Å². The van der Waals surface area contributed by atoms with E-state index in [2.05, 4.69) is 19.7 Å². The maximum absolute atomic E-state index is 11.1. The van der Waals surface area contributed by atoms with Crippen LogP contribution in [0.3, 0.4) is 0 Å². The predicted octanol–water partition coefficient (Wildman–Crippen LogP) is 4.89. The van der Waals surface area contributed by atoms with Crippen LogP contribution in [0.2, 0.25) is 19.1 Å². The maximum Gasteiger partial charge on any atom is 0.333 e. The van der Waals surface area contributed by atoms with Gasteiger partial charge in [-0.2, -0.15) is 11.1 Å². The van der Waals surface area contributed by atoms with Crippen LogP contribution in [-0.4, -0.2) is 20.0 Å². The molecule has 0 spiro atoms. The van der Waals surface area contributed by atoms with E-state index in [1.54, 1.807) is 6.92 Å². The zero-order valence-corrected chi connectivity index (χ0v) is 13.8. The molecule has 0 amide bonds. The Morgan fingerprint density at radius 1 is 1.11 bits per heavy atom. The van der Waals surface area contributed by atoms with E-state index >= 15 is 0 Å². The van der Waals surface area contributed by atoms with E-state index in [0.717, 1.165) is 12.8 Å². The molecule has 0 rings (SSSR count). The zero-order chi connectivity index (χ0) is 14.0. The van der Waals surface area contributed by atoms with Crippen molar-refractivity contribution in [2.24, 2.45) is 0 Å². The van der Waals surface area contributed by atoms with E-state index in [1.807, 2.05) is 0 Å². The van der Waals surface area contributed by atoms with Gasteiger partial charge >= 0.3 is 5.97 Å². The monoisotopic (exact) mass is 290 g/mol. The summed E-state index contributed by atoms with van der Waals surface area (Å²) in [5.41, 5.74) is 0.475. The molecule has 0 saturated heterocycles. The van der Waals surface area contributed by atoms with E-state index in [1.165, 1.54) is 31.7 Å². The van der Waals surface area contributed by atoms with Crippen LogP contribution in [-0.2, 0) is 9.53 Å². The van der Waals surface area contributed by atoms with Crippen LogP contribution in [0.25, 0.3) is 0 Å². The average molecular weight is 291 g/mol. The third kappa shape index (κ3) is 12.2. The van der Waals surface area contributed by atoms with Gasteiger partial charge in [0.05, 0.1) is 6.61 Å². The second-order valence-electron chi connectivity index (χ2n) is 5.51. The maximum atomic E-state index is 11.1. The number of hydrogen-bond acceptors (Lipinski definition) is 2. The second-order valence-corrected chi connectivity index (χ2v) is 12.5. The molecule has 0 aliphatic carbocycles. The number of hydrogen-bond donors (Lipinski definition) is 0. The first-order chi connectivity index (χ1) is 8.33. The fourth-order valence-corrected chi connectivity index (χ4v) is 3.13. The molecular weight excluding hydrogens is 264 g/mol. The largest absolute Gasteiger partial charge is 0.462 e. The second kappa shape index (κ2) is 9.62. The highest BCUT2D eigenvalue weighted by Crippen LogP contribution is 2.19. The molecule has 0 aromatic heterocycles. The molecule has 0 aliphatic rings. The Kier molecular flexibility index (Phi) is 9.47. The van der Waals surface area contributed by atoms with E-state index in [0.29, 0.717) is 12.2 Å². The number of esters is 1. The Morgan fingerprint density at radius 3 is 2.11 bits per heavy atom. The summed E-state index contributed by atoms with van der Waals surface area (Å²) >= 11 is 6.25. The van der Waals surface area contributed by atoms with Crippen LogP contribution < -0.4 is 0 Å². The SMILES string of the molecule is C=C(C)C(=O)OCCCCCCCC[Si](C)(C)Cl. The number of rotatable bonds is 10. The molecular formula is C14H27ClO2Si. The van der Waals surface area contributed by atoms with Gasteiger partial charge in [-0.1, -0.05) is 51.8 Å². The number of ether oxygens (including phenoxy) is 1. The Balaban J connectivity index is 3.22. The normalized spacial score (nSPS) is 11.3. The fourth-order valence-electron chi connectivity index (χ4n) is 1.64. The molecule has 106 valence electrons. The summed E-state index contributed by atoms with van der Waals surface area (Å²) < 4.78 is 5.03. The van der Waals surface area contributed by atoms with Gasteiger partial charge in [-0.05, 0) is 19.4 Å². The Morgan fingerprint density at radius 2 is 1.61 bits per heavy atom. The number of carbonyl (C=O) groups excluding carboxylic acids is 1. The van der Waals surface area contributed by atoms with E-state index in [9.17, 15) is 4.79 Å². The molecule has 0 aromatic carbocycles. The zero-order valence-electron chi connectivity index (χ0n) is 12.1. The first-order valence-electron chi connectivity index (χ1n) is 6.84. The molecule has 0 bridgehead atoms. The lowest BCUT2D eigenvalue weighted by atomic mass is 10.1. The molecule has 0 atom stereocenters. The highest BCUT2D eigenvalue weighted by Gasteiger charge is 2.15. The summed E-state index contributed by atoms with van der Waals surface area (Å²) in [6, 6.07) is 1.21. The van der Waals surface area contributed by atoms with Crippen LogP contribution in [0, 0.1) is 0 Å². The van der Waals surface area contributed by atoms with Crippen molar-refractivity contribution in [1.82, 2.24) is 0 Å². The molecule has 0 N–H and O–H groups in total. The van der Waals surface area contributed by atoms with Crippen molar-refractivity contribution in [3.8, 4) is 0 Å². The summed E-state index contributed by atoms with van der Waals surface area (Å²) in [4.78, 5) is 11.1. The smallest absolute Gasteiger partial charge is 0.333 e. The van der Waals surface area contributed by atoms with Crippen LogP contribution in [0.1, 0.15) is 45.4 Å². The highest BCUT2D eigenvalue weighted by atomic mass is 35.6. The topological polar surface area (TPSA) is 26.3 Å². The minimum absolute atomic E-state index is 0.274. The van der Waals surface area contributed by atoms with Gasteiger partial charge in [0.25, 0.3) is 0 Å². The van der Waals surface area contributed by atoms with Gasteiger partial charge in [0.1, 0.15) is 7.38 Å². The van der Waals surface area contributed by atoms with E-state index in [4.69, 9.17) is 15.8 Å². The van der Waals surface area contributed by atoms with Crippen molar-refractivity contribution in [2.75, 3.05) is 6.61 Å². The van der Waals surface area contributed by atoms with Gasteiger partial charge in [0.15, 0.2) is 0 Å². The third-order valence-corrected chi connectivity index (χ3v) is 4.86. The molecule has 0 radical (unpaired) electrons. The standard InChI is InChI=1S/C14H27ClO2Si/c1-13(2)14(16)17-11-9-7-5-6-8-10-12-18(3,4)15/h1,5-12H2,2-4H3. The predicted molar refractivity (Wildman–Crippen MR) is 81.6 cm³/mol. The molecule has 0 aliphatic heterocycles. The summed E-state index contributed by atoms with van der Waals surface area (Å²) in [6.45, 7) is 10.1. The Bertz CT molecular complexity index is 259. The van der Waals surface area contributed by atoms with Crippen molar-refractivity contribution in [2.45, 2.75) is 64.6 Å². The molecule has 4 heteroatoms. The first kappa shape index (κ1) is 17.7. The van der Waals surface area contributed by atoms with Gasteiger partial charge in [-0.25, -0.2) is 4.79 Å². The van der Waals surface area contributed by atoms with Crippen LogP contribution in [0.15, 0.2) is 12.2 Å². The fraction of sp³-hybridized carbons (Fsp3) is 0.786. The number of unbranched alkanes of at least 4 members (excludes halogenated alkanes) is 5. The molecule has 0 aromatic rings. The van der Waals surface area contributed by atoms with Gasteiger partial charge in [-0.15, -0.1) is 0 Å². The minimum Gasteiger partial charge on any atom is -0.462 e. The lowest BCUT2D eigenvalue weighted by Gasteiger charge is -2.11. The van der Waals surface area contributed by atoms with Gasteiger partial charge in [0.2, 0.25) is 0 Å². The number of carbonyl (C=O) groups is 1. The van der Waals surface area contributed by atoms with E-state index < -0.39 is 7.38 Å². The van der Waals surface area contributed by atoms with Gasteiger partial charge in [0, 0.05) is 5.57 Å². The lowest BCUT2D eigenvalue weighted by Crippen LogP contribution is -2.14. The third-order valence-electron chi connectivity index (χ3n) is 2.75. The van der Waals surface area contributed by atoms with Gasteiger partial charge < -0.3 is 4.74 Å². The minimum atomic E-state index is -1.36. The Hall–Kier alpha value is -0.283. The quantitative estimate of drug-likeness (QED) is 0.188. The summed E-state index contributed by atoms with van der Waals surface area (Å²) in [5.74, 6) is -0.274. The van der Waals surface area contributed by atoms with Crippen molar-refractivity contribution in [3.63, 3.8) is 0 Å². The summed E-state index contributed by atoms with van der Waals surface area (Å²) in [5, 5.41) is 0. The summed E-state index contributed by atoms with van der Waals surface area (Å²) in [7, 11) is -1.36. The van der Waals surface area contributed by atoms with Crippen LogP contribution >= 0.6 is 11.1 Å². The number of halogens is 1. The van der Waals surface area contributed by atoms with E-state index in [-0.39, 0.29) is 5.97 Å². The molecule has 0 heterocycles. The first-order valence-corrected chi connectivity index (χ1v) is 11.1. The van der Waals surface area contributed by atoms with Crippen LogP contribution in [0.4, 0.5) is 0 Å². The molecule has 0 fully saturated rings. The molecule has 18 heavy (non-hydrogen) atoms.